The summed E-state index contributed by atoms with van der Waals surface area (Å²) in [7, 11) is 2.75. The van der Waals surface area contributed by atoms with Crippen LogP contribution in [0.3, 0.4) is 0 Å². The molecule has 0 saturated carbocycles. The molecule has 0 radical (unpaired) electrons. The van der Waals surface area contributed by atoms with Crippen LogP contribution >= 0.6 is 0 Å². The van der Waals surface area contributed by atoms with Gasteiger partial charge >= 0.3 is 12.0 Å². The van der Waals surface area contributed by atoms with Gasteiger partial charge in [0.05, 0.1) is 14.1 Å². The largest absolute Gasteiger partial charge is 0.477 e. The van der Waals surface area contributed by atoms with E-state index in [0.29, 0.717) is 0 Å². The fraction of sp³-hybridized carbons (Fsp3) is 0.600. The summed E-state index contributed by atoms with van der Waals surface area (Å²) in [6.07, 6.45) is 0. The summed E-state index contributed by atoms with van der Waals surface area (Å²) in [6.45, 7) is -0.369. The molecule has 0 saturated heterocycles. The number of amides is 2. The van der Waals surface area contributed by atoms with Crippen molar-refractivity contribution in [3.05, 3.63) is 0 Å². The lowest BCUT2D eigenvalue weighted by molar-refractivity contribution is -0.802. The highest BCUT2D eigenvalue weighted by atomic mass is 16.5. The van der Waals surface area contributed by atoms with Crippen LogP contribution in [0.15, 0.2) is 0 Å². The number of nitrogens with zero attached hydrogens (tertiary/aromatic N) is 1. The minimum absolute atomic E-state index is 0.369. The van der Waals surface area contributed by atoms with Crippen molar-refractivity contribution in [3.63, 3.8) is 0 Å². The van der Waals surface area contributed by atoms with Crippen molar-refractivity contribution in [1.82, 2.24) is 5.48 Å². The summed E-state index contributed by atoms with van der Waals surface area (Å²) in [4.78, 5) is 20.9. The minimum Gasteiger partial charge on any atom is -0.477 e. The number of hydrogen-bond donors (Lipinski definition) is 3. The highest BCUT2D eigenvalue weighted by Crippen LogP contribution is 1.95. The van der Waals surface area contributed by atoms with Gasteiger partial charge in [-0.2, -0.15) is 5.48 Å². The van der Waals surface area contributed by atoms with Crippen LogP contribution in [0.5, 0.6) is 0 Å². The molecule has 0 aromatic rings. The van der Waals surface area contributed by atoms with Crippen LogP contribution in [0.4, 0.5) is 4.79 Å². The second-order valence-electron chi connectivity index (χ2n) is 2.65. The van der Waals surface area contributed by atoms with E-state index in [2.05, 4.69) is 0 Å². The Kier molecular flexibility index (Phi) is 2.97. The van der Waals surface area contributed by atoms with Gasteiger partial charge in [0.1, 0.15) is 0 Å². The molecule has 0 unspecified atom stereocenters. The van der Waals surface area contributed by atoms with E-state index in [-0.39, 0.29) is 6.54 Å². The maximum Gasteiger partial charge on any atom is 0.440 e. The molecule has 11 heavy (non-hydrogen) atoms. The van der Waals surface area contributed by atoms with E-state index in [1.807, 2.05) is 0 Å². The third kappa shape index (κ3) is 2.96. The average molecular weight is 163 g/mol. The van der Waals surface area contributed by atoms with Crippen LogP contribution in [-0.4, -0.2) is 47.4 Å². The zero-order chi connectivity index (χ0) is 9.07. The van der Waals surface area contributed by atoms with Crippen molar-refractivity contribution < 1.29 is 24.4 Å². The van der Waals surface area contributed by atoms with Crippen molar-refractivity contribution in [2.45, 2.75) is 0 Å². The smallest absolute Gasteiger partial charge is 0.440 e. The molecule has 2 amide bonds. The Labute approximate surface area is 63.6 Å². The summed E-state index contributed by atoms with van der Waals surface area (Å²) in [5.74, 6) is -1.10. The van der Waals surface area contributed by atoms with Gasteiger partial charge in [0.25, 0.3) is 0 Å². The second kappa shape index (κ2) is 3.31. The van der Waals surface area contributed by atoms with Gasteiger partial charge in [-0.25, -0.2) is 14.1 Å². The quantitative estimate of drug-likeness (QED) is 0.284. The molecule has 0 aliphatic carbocycles. The number of rotatable bonds is 2. The molecular formula is C5H11N2O4+. The van der Waals surface area contributed by atoms with Crippen LogP contribution in [0.2, 0.25) is 0 Å². The van der Waals surface area contributed by atoms with Crippen LogP contribution in [-0.2, 0) is 4.79 Å². The Morgan fingerprint density at radius 1 is 1.45 bits per heavy atom. The lowest BCUT2D eigenvalue weighted by Crippen LogP contribution is -2.53. The van der Waals surface area contributed by atoms with Gasteiger partial charge in [0.2, 0.25) is 0 Å². The Bertz CT molecular complexity index is 177. The summed E-state index contributed by atoms with van der Waals surface area (Å²) < 4.78 is -0.439. The number of quaternary nitrogens is 1. The summed E-state index contributed by atoms with van der Waals surface area (Å²) in [6, 6.07) is -0.757. The normalized spacial score (nSPS) is 10.8. The average Bonchev–Trinajstić information content (AvgIpc) is 1.83. The molecule has 0 atom stereocenters. The molecule has 6 heteroatoms. The first-order valence-electron chi connectivity index (χ1n) is 2.89. The number of likely N-dealkylation sites (N-methyl/N-ethyl adjacent to an activating group) is 1. The van der Waals surface area contributed by atoms with E-state index in [4.69, 9.17) is 10.3 Å². The Morgan fingerprint density at radius 3 is 2.18 bits per heavy atom. The van der Waals surface area contributed by atoms with E-state index in [1.165, 1.54) is 19.6 Å². The molecule has 0 aliphatic heterocycles. The van der Waals surface area contributed by atoms with E-state index in [1.54, 1.807) is 0 Å². The number of aliphatic carboxylic acids is 1. The molecule has 0 aliphatic rings. The second-order valence-corrected chi connectivity index (χ2v) is 2.65. The first-order valence-corrected chi connectivity index (χ1v) is 2.89. The Morgan fingerprint density at radius 2 is 1.91 bits per heavy atom. The van der Waals surface area contributed by atoms with Crippen LogP contribution < -0.4 is 5.48 Å². The molecule has 0 bridgehead atoms. The topological polar surface area (TPSA) is 86.6 Å². The summed E-state index contributed by atoms with van der Waals surface area (Å²) >= 11 is 0. The van der Waals surface area contributed by atoms with E-state index < -0.39 is 16.5 Å². The van der Waals surface area contributed by atoms with Crippen LogP contribution in [0, 0.1) is 0 Å². The highest BCUT2D eigenvalue weighted by molar-refractivity contribution is 5.72. The molecule has 64 valence electrons. The van der Waals surface area contributed by atoms with Crippen LogP contribution in [0.25, 0.3) is 0 Å². The zero-order valence-electron chi connectivity index (χ0n) is 6.37. The van der Waals surface area contributed by atoms with Crippen molar-refractivity contribution in [3.8, 4) is 0 Å². The number of urea groups is 1. The van der Waals surface area contributed by atoms with Crippen molar-refractivity contribution in [1.29, 1.82) is 0 Å². The number of hydroxylamine groups is 1. The molecule has 0 aromatic carbocycles. The number of carbonyl (C=O) groups excluding carboxylic acids is 1. The van der Waals surface area contributed by atoms with Crippen LogP contribution in [0.1, 0.15) is 0 Å². The van der Waals surface area contributed by atoms with Crippen molar-refractivity contribution in [2.24, 2.45) is 0 Å². The van der Waals surface area contributed by atoms with Gasteiger partial charge in [-0.15, -0.1) is 0 Å². The first kappa shape index (κ1) is 9.86. The number of hydrogen-bond acceptors (Lipinski definition) is 3. The Balaban J connectivity index is 4.21. The Hall–Kier alpha value is -1.14. The monoisotopic (exact) mass is 163 g/mol. The number of carbonyl (C=O) groups is 2. The van der Waals surface area contributed by atoms with Gasteiger partial charge in [-0.3, -0.25) is 5.21 Å². The standard InChI is InChI=1S/C5H10N2O4/c1-7(2,3-4(8)9)5(10)6-11/h3H2,1-2H3,(H2-,6,8,9,10,11)/p+1. The van der Waals surface area contributed by atoms with Crippen molar-refractivity contribution >= 4 is 12.0 Å². The fourth-order valence-electron chi connectivity index (χ4n) is 0.545. The predicted molar refractivity (Wildman–Crippen MR) is 34.9 cm³/mol. The lowest BCUT2D eigenvalue weighted by Gasteiger charge is -2.22. The van der Waals surface area contributed by atoms with E-state index in [0.717, 1.165) is 0 Å². The molecule has 0 heterocycles. The van der Waals surface area contributed by atoms with E-state index in [9.17, 15) is 9.59 Å². The first-order chi connectivity index (χ1) is 4.90. The van der Waals surface area contributed by atoms with Crippen molar-refractivity contribution in [2.75, 3.05) is 20.6 Å². The minimum atomic E-state index is -1.10. The van der Waals surface area contributed by atoms with E-state index >= 15 is 0 Å². The van der Waals surface area contributed by atoms with Gasteiger partial charge in [-0.1, -0.05) is 0 Å². The molecule has 0 fully saturated rings. The maximum absolute atomic E-state index is 10.7. The van der Waals surface area contributed by atoms with Gasteiger partial charge in [0, 0.05) is 0 Å². The molecule has 0 aromatic heterocycles. The van der Waals surface area contributed by atoms with Gasteiger partial charge < -0.3 is 5.11 Å². The number of nitrogens with one attached hydrogen (secondary N) is 1. The number of carboxylic acid groups (broad SMARTS) is 1. The highest BCUT2D eigenvalue weighted by Gasteiger charge is 2.28. The SMILES string of the molecule is C[N+](C)(CC(=O)O)C(=O)NO. The molecule has 3 N–H and O–H groups in total. The van der Waals surface area contributed by atoms with Gasteiger partial charge in [0.15, 0.2) is 6.54 Å². The number of carboxylic acids is 1. The molecular weight excluding hydrogens is 152 g/mol. The fourth-order valence-corrected chi connectivity index (χ4v) is 0.545. The lowest BCUT2D eigenvalue weighted by atomic mass is 10.5. The summed E-state index contributed by atoms with van der Waals surface area (Å²) in [5, 5.41) is 16.5. The molecule has 0 spiro atoms. The third-order valence-electron chi connectivity index (χ3n) is 1.18. The van der Waals surface area contributed by atoms with Gasteiger partial charge in [-0.05, 0) is 0 Å². The maximum atomic E-state index is 10.7. The summed E-state index contributed by atoms with van der Waals surface area (Å²) in [5.41, 5.74) is 1.38. The molecule has 0 rings (SSSR count). The molecule has 6 nitrogen and oxygen atoms in total. The predicted octanol–water partition coefficient (Wildman–Crippen LogP) is -0.754. The third-order valence-corrected chi connectivity index (χ3v) is 1.18. The zero-order valence-corrected chi connectivity index (χ0v) is 6.37.